The molecule has 0 unspecified atom stereocenters. The fourth-order valence-corrected chi connectivity index (χ4v) is 1.52. The second kappa shape index (κ2) is 6.00. The Morgan fingerprint density at radius 1 is 1.44 bits per heavy atom. The van der Waals surface area contributed by atoms with Gasteiger partial charge >= 0.3 is 0 Å². The molecule has 0 atom stereocenters. The van der Waals surface area contributed by atoms with E-state index < -0.39 is 0 Å². The molecule has 1 aromatic carbocycles. The van der Waals surface area contributed by atoms with Gasteiger partial charge in [-0.05, 0) is 24.1 Å². The van der Waals surface area contributed by atoms with Crippen molar-refractivity contribution in [2.75, 3.05) is 21.2 Å². The van der Waals surface area contributed by atoms with Crippen LogP contribution in [0.25, 0.3) is 0 Å². The summed E-state index contributed by atoms with van der Waals surface area (Å²) in [4.78, 5) is 4.05. The van der Waals surface area contributed by atoms with E-state index in [9.17, 15) is 0 Å². The van der Waals surface area contributed by atoms with E-state index in [4.69, 9.17) is 4.74 Å². The van der Waals surface area contributed by atoms with E-state index in [1.165, 1.54) is 5.56 Å². The number of rotatable bonds is 3. The van der Waals surface area contributed by atoms with Crippen LogP contribution < -0.4 is 15.4 Å². The lowest BCUT2D eigenvalue weighted by Crippen LogP contribution is -2.34. The first kappa shape index (κ1) is 12.4. The van der Waals surface area contributed by atoms with Crippen LogP contribution in [-0.2, 0) is 6.54 Å². The van der Waals surface area contributed by atoms with Crippen molar-refractivity contribution in [2.45, 2.75) is 13.5 Å². The molecule has 0 saturated heterocycles. The topological polar surface area (TPSA) is 45.7 Å². The maximum Gasteiger partial charge on any atom is 0.190 e. The molecule has 0 radical (unpaired) electrons. The van der Waals surface area contributed by atoms with Crippen molar-refractivity contribution in [3.8, 4) is 5.75 Å². The van der Waals surface area contributed by atoms with E-state index in [2.05, 4.69) is 21.7 Å². The number of guanidine groups is 1. The van der Waals surface area contributed by atoms with Gasteiger partial charge in [0.1, 0.15) is 5.75 Å². The second-order valence-corrected chi connectivity index (χ2v) is 3.48. The summed E-state index contributed by atoms with van der Waals surface area (Å²) in [5, 5.41) is 6.17. The van der Waals surface area contributed by atoms with Gasteiger partial charge in [-0.3, -0.25) is 4.99 Å². The van der Waals surface area contributed by atoms with Crippen molar-refractivity contribution in [2.24, 2.45) is 4.99 Å². The Kier molecular flexibility index (Phi) is 4.64. The van der Waals surface area contributed by atoms with E-state index in [0.29, 0.717) is 0 Å². The largest absolute Gasteiger partial charge is 0.496 e. The predicted molar refractivity (Wildman–Crippen MR) is 67.0 cm³/mol. The fourth-order valence-electron chi connectivity index (χ4n) is 1.52. The van der Waals surface area contributed by atoms with Gasteiger partial charge in [-0.15, -0.1) is 0 Å². The number of methoxy groups -OCH3 is 1. The van der Waals surface area contributed by atoms with Crippen LogP contribution in [0.2, 0.25) is 0 Å². The summed E-state index contributed by atoms with van der Waals surface area (Å²) in [7, 11) is 5.27. The van der Waals surface area contributed by atoms with Gasteiger partial charge < -0.3 is 15.4 Å². The zero-order valence-electron chi connectivity index (χ0n) is 10.3. The monoisotopic (exact) mass is 221 g/mol. The van der Waals surface area contributed by atoms with E-state index >= 15 is 0 Å². The molecular formula is C12H19N3O. The van der Waals surface area contributed by atoms with Crippen LogP contribution in [0.1, 0.15) is 11.1 Å². The minimum Gasteiger partial charge on any atom is -0.496 e. The normalized spacial score (nSPS) is 11.1. The highest BCUT2D eigenvalue weighted by Crippen LogP contribution is 2.18. The van der Waals surface area contributed by atoms with E-state index in [-0.39, 0.29) is 0 Å². The van der Waals surface area contributed by atoms with Crippen LogP contribution in [0.15, 0.2) is 23.2 Å². The Bertz CT molecular complexity index is 375. The maximum atomic E-state index is 5.21. The number of hydrogen-bond acceptors (Lipinski definition) is 2. The average molecular weight is 221 g/mol. The first-order valence-electron chi connectivity index (χ1n) is 5.23. The molecule has 4 heteroatoms. The van der Waals surface area contributed by atoms with Crippen LogP contribution in [0.4, 0.5) is 0 Å². The summed E-state index contributed by atoms with van der Waals surface area (Å²) in [6.45, 7) is 2.79. The third-order valence-corrected chi connectivity index (χ3v) is 2.38. The number of ether oxygens (including phenoxy) is 1. The van der Waals surface area contributed by atoms with Crippen LogP contribution >= 0.6 is 0 Å². The number of aryl methyl sites for hydroxylation is 1. The Hall–Kier alpha value is -1.71. The van der Waals surface area contributed by atoms with Crippen LogP contribution in [0.3, 0.4) is 0 Å². The highest BCUT2D eigenvalue weighted by molar-refractivity contribution is 5.79. The molecule has 2 N–H and O–H groups in total. The summed E-state index contributed by atoms with van der Waals surface area (Å²) in [6.07, 6.45) is 0. The number of hydrogen-bond donors (Lipinski definition) is 2. The molecule has 0 aromatic heterocycles. The molecule has 0 heterocycles. The highest BCUT2D eigenvalue weighted by atomic mass is 16.5. The molecule has 0 fully saturated rings. The Balaban J connectivity index is 2.65. The van der Waals surface area contributed by atoms with Crippen molar-refractivity contribution in [1.29, 1.82) is 0 Å². The van der Waals surface area contributed by atoms with Crippen molar-refractivity contribution in [3.63, 3.8) is 0 Å². The first-order valence-corrected chi connectivity index (χ1v) is 5.23. The zero-order chi connectivity index (χ0) is 12.0. The smallest absolute Gasteiger partial charge is 0.190 e. The summed E-state index contributed by atoms with van der Waals surface area (Å²) in [6, 6.07) is 6.13. The molecule has 4 nitrogen and oxygen atoms in total. The first-order chi connectivity index (χ1) is 7.71. The number of aliphatic imine (C=N–C) groups is 1. The van der Waals surface area contributed by atoms with Crippen molar-refractivity contribution >= 4 is 5.96 Å². The molecule has 0 aliphatic heterocycles. The molecule has 0 spiro atoms. The number of nitrogens with one attached hydrogen (secondary N) is 2. The quantitative estimate of drug-likeness (QED) is 0.597. The zero-order valence-corrected chi connectivity index (χ0v) is 10.3. The van der Waals surface area contributed by atoms with Gasteiger partial charge in [0.2, 0.25) is 0 Å². The third-order valence-electron chi connectivity index (χ3n) is 2.38. The fraction of sp³-hybridized carbons (Fsp3) is 0.417. The van der Waals surface area contributed by atoms with Gasteiger partial charge in [-0.2, -0.15) is 0 Å². The minimum absolute atomic E-state index is 0.748. The highest BCUT2D eigenvalue weighted by Gasteiger charge is 2.00. The summed E-state index contributed by atoms with van der Waals surface area (Å²) >= 11 is 0. The van der Waals surface area contributed by atoms with E-state index in [1.54, 1.807) is 14.2 Å². The van der Waals surface area contributed by atoms with Gasteiger partial charge in [-0.1, -0.05) is 12.1 Å². The second-order valence-electron chi connectivity index (χ2n) is 3.48. The summed E-state index contributed by atoms with van der Waals surface area (Å²) in [5.41, 5.74) is 2.34. The van der Waals surface area contributed by atoms with Crippen LogP contribution in [0.5, 0.6) is 5.75 Å². The van der Waals surface area contributed by atoms with Crippen molar-refractivity contribution < 1.29 is 4.74 Å². The Morgan fingerprint density at radius 2 is 2.19 bits per heavy atom. The lowest BCUT2D eigenvalue weighted by molar-refractivity contribution is 0.411. The van der Waals surface area contributed by atoms with Gasteiger partial charge in [0, 0.05) is 20.6 Å². The molecule has 0 amide bonds. The summed E-state index contributed by atoms with van der Waals surface area (Å²) < 4.78 is 5.21. The van der Waals surface area contributed by atoms with E-state index in [0.717, 1.165) is 23.8 Å². The average Bonchev–Trinajstić information content (AvgIpc) is 2.30. The summed E-state index contributed by atoms with van der Waals surface area (Å²) in [5.74, 6) is 1.70. The van der Waals surface area contributed by atoms with Crippen LogP contribution in [0, 0.1) is 6.92 Å². The van der Waals surface area contributed by atoms with Gasteiger partial charge in [-0.25, -0.2) is 0 Å². The molecule has 0 aliphatic carbocycles. The number of benzene rings is 1. The molecule has 1 aromatic rings. The lowest BCUT2D eigenvalue weighted by atomic mass is 10.1. The molecule has 88 valence electrons. The molecular weight excluding hydrogens is 202 g/mol. The molecule has 0 bridgehead atoms. The molecule has 0 saturated carbocycles. The maximum absolute atomic E-state index is 5.21. The van der Waals surface area contributed by atoms with Gasteiger partial charge in [0.05, 0.1) is 7.11 Å². The Labute approximate surface area is 96.7 Å². The van der Waals surface area contributed by atoms with Crippen molar-refractivity contribution in [3.05, 3.63) is 29.3 Å². The Morgan fingerprint density at radius 3 is 2.69 bits per heavy atom. The standard InChI is InChI=1S/C12H19N3O/c1-9-7-10(5-6-11(9)16-4)8-15-12(13-2)14-3/h5-7H,8H2,1-4H3,(H2,13,14,15). The van der Waals surface area contributed by atoms with E-state index in [1.807, 2.05) is 26.1 Å². The third kappa shape index (κ3) is 3.15. The molecule has 1 rings (SSSR count). The lowest BCUT2D eigenvalue weighted by Gasteiger charge is -2.10. The number of nitrogens with zero attached hydrogens (tertiary/aromatic N) is 1. The van der Waals surface area contributed by atoms with Crippen LogP contribution in [-0.4, -0.2) is 27.2 Å². The minimum atomic E-state index is 0.748. The van der Waals surface area contributed by atoms with Gasteiger partial charge in [0.25, 0.3) is 0 Å². The van der Waals surface area contributed by atoms with Crippen molar-refractivity contribution in [1.82, 2.24) is 10.6 Å². The molecule has 0 aliphatic rings. The predicted octanol–water partition coefficient (Wildman–Crippen LogP) is 1.30. The SMILES string of the molecule is CN=C(NC)NCc1ccc(OC)c(C)c1. The van der Waals surface area contributed by atoms with Gasteiger partial charge in [0.15, 0.2) is 5.96 Å². The molecule has 16 heavy (non-hydrogen) atoms.